The van der Waals surface area contributed by atoms with Crippen molar-refractivity contribution in [2.75, 3.05) is 13.3 Å². The van der Waals surface area contributed by atoms with Crippen LogP contribution >= 0.6 is 0 Å². The fraction of sp³-hybridized carbons (Fsp3) is 0.238. The van der Waals surface area contributed by atoms with Crippen LogP contribution in [0, 0.1) is 0 Å². The summed E-state index contributed by atoms with van der Waals surface area (Å²) in [4.78, 5) is 36.0. The lowest BCUT2D eigenvalue weighted by Crippen LogP contribution is -2.31. The van der Waals surface area contributed by atoms with E-state index in [-0.39, 0.29) is 43.6 Å². The van der Waals surface area contributed by atoms with Crippen LogP contribution in [-0.2, 0) is 22.6 Å². The first-order valence-electron chi connectivity index (χ1n) is 9.48. The monoisotopic (exact) mass is 408 g/mol. The number of nitrogens with one attached hydrogen (secondary N) is 3. The molecule has 0 atom stereocenters. The zero-order valence-electron chi connectivity index (χ0n) is 16.1. The number of rotatable bonds is 7. The summed E-state index contributed by atoms with van der Waals surface area (Å²) < 4.78 is 10.6. The Labute approximate surface area is 171 Å². The molecule has 0 bridgehead atoms. The second-order valence-corrected chi connectivity index (χ2v) is 6.79. The van der Waals surface area contributed by atoms with Crippen molar-refractivity contribution >= 4 is 22.6 Å². The molecule has 2 aromatic carbocycles. The highest BCUT2D eigenvalue weighted by Gasteiger charge is 2.14. The summed E-state index contributed by atoms with van der Waals surface area (Å²) in [6, 6.07) is 12.5. The molecule has 0 fully saturated rings. The third-order valence-electron chi connectivity index (χ3n) is 4.70. The Morgan fingerprint density at radius 1 is 1.00 bits per heavy atom. The van der Waals surface area contributed by atoms with Gasteiger partial charge in [0, 0.05) is 24.9 Å². The van der Waals surface area contributed by atoms with Crippen molar-refractivity contribution < 1.29 is 19.1 Å². The van der Waals surface area contributed by atoms with E-state index < -0.39 is 0 Å². The number of aromatic amines is 1. The molecule has 9 nitrogen and oxygen atoms in total. The minimum absolute atomic E-state index is 0.0100. The van der Waals surface area contributed by atoms with Gasteiger partial charge < -0.3 is 20.1 Å². The molecule has 3 aromatic rings. The molecule has 3 N–H and O–H groups in total. The van der Waals surface area contributed by atoms with Crippen LogP contribution in [0.15, 0.2) is 47.3 Å². The van der Waals surface area contributed by atoms with Gasteiger partial charge in [0.2, 0.25) is 18.6 Å². The quantitative estimate of drug-likeness (QED) is 0.536. The van der Waals surface area contributed by atoms with Crippen LogP contribution in [0.4, 0.5) is 0 Å². The van der Waals surface area contributed by atoms with Gasteiger partial charge in [-0.05, 0) is 23.8 Å². The van der Waals surface area contributed by atoms with Crippen molar-refractivity contribution in [3.05, 3.63) is 64.1 Å². The number of hydrogen-bond acceptors (Lipinski definition) is 6. The van der Waals surface area contributed by atoms with E-state index in [1.807, 2.05) is 12.1 Å². The lowest BCUT2D eigenvalue weighted by atomic mass is 10.1. The topological polar surface area (TPSA) is 122 Å². The van der Waals surface area contributed by atoms with Crippen LogP contribution < -0.4 is 25.7 Å². The van der Waals surface area contributed by atoms with Crippen LogP contribution in [-0.4, -0.2) is 35.3 Å². The molecule has 0 saturated heterocycles. The van der Waals surface area contributed by atoms with Gasteiger partial charge in [-0.3, -0.25) is 14.4 Å². The van der Waals surface area contributed by atoms with Crippen LogP contribution in [0.3, 0.4) is 0 Å². The molecule has 9 heteroatoms. The van der Waals surface area contributed by atoms with Crippen molar-refractivity contribution in [2.24, 2.45) is 0 Å². The highest BCUT2D eigenvalue weighted by Crippen LogP contribution is 2.32. The highest BCUT2D eigenvalue weighted by atomic mass is 16.7. The van der Waals surface area contributed by atoms with Gasteiger partial charge in [0.15, 0.2) is 11.5 Å². The number of ether oxygens (including phenoxy) is 2. The zero-order chi connectivity index (χ0) is 20.9. The normalized spacial score (nSPS) is 12.0. The summed E-state index contributed by atoms with van der Waals surface area (Å²) in [5.74, 6) is 0.902. The van der Waals surface area contributed by atoms with Gasteiger partial charge in [0.25, 0.3) is 5.56 Å². The van der Waals surface area contributed by atoms with Crippen molar-refractivity contribution in [3.8, 4) is 11.5 Å². The van der Waals surface area contributed by atoms with Gasteiger partial charge in [-0.25, -0.2) is 5.10 Å². The number of nitrogens with zero attached hydrogens (tertiary/aromatic N) is 1. The molecular formula is C21H20N4O5. The first-order valence-corrected chi connectivity index (χ1v) is 9.48. The Kier molecular flexibility index (Phi) is 5.60. The van der Waals surface area contributed by atoms with Crippen molar-refractivity contribution in [1.29, 1.82) is 0 Å². The van der Waals surface area contributed by atoms with Gasteiger partial charge in [0.05, 0.1) is 17.5 Å². The Bertz CT molecular complexity index is 1160. The van der Waals surface area contributed by atoms with E-state index in [2.05, 4.69) is 20.8 Å². The second-order valence-electron chi connectivity index (χ2n) is 6.79. The lowest BCUT2D eigenvalue weighted by Gasteiger charge is -2.08. The summed E-state index contributed by atoms with van der Waals surface area (Å²) in [5.41, 5.74) is 1.08. The zero-order valence-corrected chi connectivity index (χ0v) is 16.1. The summed E-state index contributed by atoms with van der Waals surface area (Å²) in [6.45, 7) is 0.763. The maximum atomic E-state index is 12.2. The number of aromatic nitrogens is 2. The first kappa shape index (κ1) is 19.4. The average Bonchev–Trinajstić information content (AvgIpc) is 3.22. The number of amides is 2. The van der Waals surface area contributed by atoms with E-state index >= 15 is 0 Å². The van der Waals surface area contributed by atoms with Gasteiger partial charge >= 0.3 is 0 Å². The number of benzene rings is 2. The van der Waals surface area contributed by atoms with Crippen LogP contribution in [0.1, 0.15) is 17.7 Å². The SMILES string of the molecule is O=C(CCNC(=O)Cc1n[nH]c(=O)c2ccccc12)NCc1ccc2c(c1)OCO2. The number of fused-ring (bicyclic) bond motifs is 2. The lowest BCUT2D eigenvalue weighted by molar-refractivity contribution is -0.122. The third kappa shape index (κ3) is 4.40. The van der Waals surface area contributed by atoms with E-state index in [9.17, 15) is 14.4 Å². The molecule has 0 aliphatic carbocycles. The molecule has 154 valence electrons. The van der Waals surface area contributed by atoms with E-state index in [4.69, 9.17) is 9.47 Å². The molecule has 1 aromatic heterocycles. The molecule has 4 rings (SSSR count). The number of H-pyrrole nitrogens is 1. The van der Waals surface area contributed by atoms with Gasteiger partial charge in [0.1, 0.15) is 0 Å². The van der Waals surface area contributed by atoms with Crippen molar-refractivity contribution in [1.82, 2.24) is 20.8 Å². The minimum Gasteiger partial charge on any atom is -0.454 e. The molecule has 2 amide bonds. The van der Waals surface area contributed by atoms with Crippen LogP contribution in [0.25, 0.3) is 10.8 Å². The van der Waals surface area contributed by atoms with Gasteiger partial charge in [-0.1, -0.05) is 24.3 Å². The number of hydrogen-bond donors (Lipinski definition) is 3. The average molecular weight is 408 g/mol. The maximum Gasteiger partial charge on any atom is 0.272 e. The molecule has 2 heterocycles. The molecule has 1 aliphatic heterocycles. The summed E-state index contributed by atoms with van der Waals surface area (Å²) in [5, 5.41) is 13.0. The molecule has 0 spiro atoms. The second kappa shape index (κ2) is 8.64. The van der Waals surface area contributed by atoms with Crippen molar-refractivity contribution in [2.45, 2.75) is 19.4 Å². The van der Waals surface area contributed by atoms with Crippen molar-refractivity contribution in [3.63, 3.8) is 0 Å². The summed E-state index contributed by atoms with van der Waals surface area (Å²) in [7, 11) is 0. The van der Waals surface area contributed by atoms with E-state index in [1.54, 1.807) is 30.3 Å². The molecule has 30 heavy (non-hydrogen) atoms. The minimum atomic E-state index is -0.297. The van der Waals surface area contributed by atoms with E-state index in [0.717, 1.165) is 5.56 Å². The smallest absolute Gasteiger partial charge is 0.272 e. The predicted octanol–water partition coefficient (Wildman–Crippen LogP) is 1.02. The fourth-order valence-electron chi connectivity index (χ4n) is 3.18. The predicted molar refractivity (Wildman–Crippen MR) is 108 cm³/mol. The fourth-order valence-corrected chi connectivity index (χ4v) is 3.18. The van der Waals surface area contributed by atoms with E-state index in [1.165, 1.54) is 0 Å². The van der Waals surface area contributed by atoms with E-state index in [0.29, 0.717) is 34.5 Å². The Morgan fingerprint density at radius 3 is 2.67 bits per heavy atom. The number of carbonyl (C=O) groups is 2. The molecular weight excluding hydrogens is 388 g/mol. The first-order chi connectivity index (χ1) is 14.6. The van der Waals surface area contributed by atoms with Crippen LogP contribution in [0.5, 0.6) is 11.5 Å². The number of carbonyl (C=O) groups excluding carboxylic acids is 2. The maximum absolute atomic E-state index is 12.2. The summed E-state index contributed by atoms with van der Waals surface area (Å²) in [6.07, 6.45) is 0.159. The standard InChI is InChI=1S/C21H20N4O5/c26-19(23-11-13-5-6-17-18(9-13)30-12-29-17)7-8-22-20(27)10-16-14-3-1-2-4-15(14)21(28)25-24-16/h1-6,9H,7-8,10-12H2,(H,22,27)(H,23,26)(H,25,28). The molecule has 0 radical (unpaired) electrons. The van der Waals surface area contributed by atoms with Gasteiger partial charge in [-0.2, -0.15) is 5.10 Å². The Morgan fingerprint density at radius 2 is 1.80 bits per heavy atom. The van der Waals surface area contributed by atoms with Crippen LogP contribution in [0.2, 0.25) is 0 Å². The molecule has 0 saturated carbocycles. The molecule has 0 unspecified atom stereocenters. The highest BCUT2D eigenvalue weighted by molar-refractivity contribution is 5.88. The third-order valence-corrected chi connectivity index (χ3v) is 4.70. The Hall–Kier alpha value is -3.88. The molecule has 1 aliphatic rings. The largest absolute Gasteiger partial charge is 0.454 e. The Balaban J connectivity index is 1.23. The summed E-state index contributed by atoms with van der Waals surface area (Å²) >= 11 is 0. The van der Waals surface area contributed by atoms with Gasteiger partial charge in [-0.15, -0.1) is 0 Å².